The van der Waals surface area contributed by atoms with Crippen LogP contribution in [0.3, 0.4) is 0 Å². The Labute approximate surface area is 335 Å². The standard InChI is InChI=1S/C50H87NO3/c1-3-5-7-9-11-12-13-14-15-16-17-18-19-20-21-22-23-24-25-26-27-28-29-30-31-32-33-34-35-36-37-38-40-42-44-46-50(54)51-48(47-52)49(53)45-43-41-39-10-8-6-4-2/h5,7,11-12,14-15,17-18,20-21,23-24,43,45,48-49,52-53H,3-4,6,8-10,13,16,19,22,25-42,44,46-47H2,1-2H3,(H,51,54)/b7-5-,12-11-,15-14-,18-17-,21-20-,24-23-,45-43+. The van der Waals surface area contributed by atoms with Crippen LogP contribution in [0, 0.1) is 0 Å². The molecule has 0 saturated heterocycles. The lowest BCUT2D eigenvalue weighted by Crippen LogP contribution is -2.45. The average Bonchev–Trinajstić information content (AvgIpc) is 3.18. The number of unbranched alkanes of at least 4 members (excludes halogenated alkanes) is 21. The van der Waals surface area contributed by atoms with E-state index < -0.39 is 12.1 Å². The molecule has 0 aromatic carbocycles. The second-order valence-electron chi connectivity index (χ2n) is 15.1. The van der Waals surface area contributed by atoms with Crippen molar-refractivity contribution in [3.63, 3.8) is 0 Å². The molecule has 310 valence electrons. The quantitative estimate of drug-likeness (QED) is 0.0431. The van der Waals surface area contributed by atoms with Gasteiger partial charge in [-0.05, 0) is 70.6 Å². The van der Waals surface area contributed by atoms with Gasteiger partial charge in [0.25, 0.3) is 0 Å². The van der Waals surface area contributed by atoms with Crippen LogP contribution in [0.5, 0.6) is 0 Å². The van der Waals surface area contributed by atoms with Gasteiger partial charge in [-0.15, -0.1) is 0 Å². The summed E-state index contributed by atoms with van der Waals surface area (Å²) in [6, 6.07) is -0.621. The molecule has 3 N–H and O–H groups in total. The Kier molecular flexibility index (Phi) is 42.9. The average molecular weight is 750 g/mol. The molecule has 0 aliphatic heterocycles. The molecule has 0 aliphatic rings. The highest BCUT2D eigenvalue weighted by molar-refractivity contribution is 5.76. The fourth-order valence-electron chi connectivity index (χ4n) is 6.42. The van der Waals surface area contributed by atoms with Crippen LogP contribution in [0.4, 0.5) is 0 Å². The zero-order chi connectivity index (χ0) is 39.3. The fourth-order valence-corrected chi connectivity index (χ4v) is 6.42. The van der Waals surface area contributed by atoms with Gasteiger partial charge in [0, 0.05) is 6.42 Å². The first-order valence-corrected chi connectivity index (χ1v) is 22.8. The topological polar surface area (TPSA) is 69.6 Å². The van der Waals surface area contributed by atoms with Crippen LogP contribution in [0.2, 0.25) is 0 Å². The molecular weight excluding hydrogens is 663 g/mol. The van der Waals surface area contributed by atoms with Crippen molar-refractivity contribution in [3.8, 4) is 0 Å². The highest BCUT2D eigenvalue weighted by atomic mass is 16.3. The molecule has 0 radical (unpaired) electrons. The molecule has 2 unspecified atom stereocenters. The summed E-state index contributed by atoms with van der Waals surface area (Å²) in [5.74, 6) is -0.0714. The summed E-state index contributed by atoms with van der Waals surface area (Å²) in [6.45, 7) is 4.13. The number of aliphatic hydroxyl groups is 2. The van der Waals surface area contributed by atoms with E-state index in [0.29, 0.717) is 6.42 Å². The van der Waals surface area contributed by atoms with Crippen molar-refractivity contribution in [2.24, 2.45) is 0 Å². The number of nitrogens with one attached hydrogen (secondary N) is 1. The lowest BCUT2D eigenvalue weighted by atomic mass is 10.0. The molecule has 0 aromatic rings. The van der Waals surface area contributed by atoms with Crippen LogP contribution in [0.1, 0.15) is 206 Å². The molecule has 4 nitrogen and oxygen atoms in total. The predicted octanol–water partition coefficient (Wildman–Crippen LogP) is 14.5. The monoisotopic (exact) mass is 750 g/mol. The highest BCUT2D eigenvalue weighted by Crippen LogP contribution is 2.15. The number of hydrogen-bond donors (Lipinski definition) is 3. The van der Waals surface area contributed by atoms with Crippen molar-refractivity contribution >= 4 is 5.91 Å². The third kappa shape index (κ3) is 40.7. The molecule has 0 aromatic heterocycles. The molecule has 0 spiro atoms. The first-order chi connectivity index (χ1) is 26.7. The summed E-state index contributed by atoms with van der Waals surface area (Å²) in [5.41, 5.74) is 0. The number of carbonyl (C=O) groups excluding carboxylic acids is 1. The molecular formula is C50H87NO3. The van der Waals surface area contributed by atoms with Crippen molar-refractivity contribution in [2.75, 3.05) is 6.61 Å². The van der Waals surface area contributed by atoms with E-state index in [9.17, 15) is 15.0 Å². The van der Waals surface area contributed by atoms with Crippen LogP contribution in [-0.4, -0.2) is 34.9 Å². The van der Waals surface area contributed by atoms with E-state index in [4.69, 9.17) is 0 Å². The summed E-state index contributed by atoms with van der Waals surface area (Å²) < 4.78 is 0. The van der Waals surface area contributed by atoms with Gasteiger partial charge in [-0.1, -0.05) is 214 Å². The Bertz CT molecular complexity index is 988. The predicted molar refractivity (Wildman–Crippen MR) is 239 cm³/mol. The number of carbonyl (C=O) groups is 1. The van der Waals surface area contributed by atoms with Crippen molar-refractivity contribution in [2.45, 2.75) is 219 Å². The first-order valence-electron chi connectivity index (χ1n) is 22.8. The maximum atomic E-state index is 12.3. The number of allylic oxidation sites excluding steroid dienone is 13. The summed E-state index contributed by atoms with van der Waals surface area (Å²) in [6.07, 6.45) is 65.8. The molecule has 54 heavy (non-hydrogen) atoms. The summed E-state index contributed by atoms with van der Waals surface area (Å²) in [7, 11) is 0. The van der Waals surface area contributed by atoms with E-state index in [0.717, 1.165) is 64.2 Å². The maximum Gasteiger partial charge on any atom is 0.220 e. The van der Waals surface area contributed by atoms with E-state index in [1.807, 2.05) is 6.08 Å². The Balaban J connectivity index is 3.47. The van der Waals surface area contributed by atoms with Crippen molar-refractivity contribution in [3.05, 3.63) is 85.1 Å². The Morgan fingerprint density at radius 3 is 1.22 bits per heavy atom. The van der Waals surface area contributed by atoms with Gasteiger partial charge < -0.3 is 15.5 Å². The minimum Gasteiger partial charge on any atom is -0.394 e. The molecule has 0 rings (SSSR count). The zero-order valence-electron chi connectivity index (χ0n) is 35.5. The lowest BCUT2D eigenvalue weighted by molar-refractivity contribution is -0.123. The minimum absolute atomic E-state index is 0.0714. The summed E-state index contributed by atoms with van der Waals surface area (Å²) >= 11 is 0. The van der Waals surface area contributed by atoms with Crippen molar-refractivity contribution < 1.29 is 15.0 Å². The van der Waals surface area contributed by atoms with Gasteiger partial charge in [-0.25, -0.2) is 0 Å². The van der Waals surface area contributed by atoms with Crippen molar-refractivity contribution in [1.29, 1.82) is 0 Å². The Hall–Kier alpha value is -2.43. The lowest BCUT2D eigenvalue weighted by Gasteiger charge is -2.20. The normalized spacial score (nSPS) is 13.8. The number of hydrogen-bond acceptors (Lipinski definition) is 3. The minimum atomic E-state index is -0.838. The van der Waals surface area contributed by atoms with E-state index in [2.05, 4.69) is 92.1 Å². The molecule has 0 heterocycles. The molecule has 1 amide bonds. The SMILES string of the molecule is CC/C=C\C/C=C\C/C=C\C/C=C\C/C=C\C/C=C\CCCCCCCCCCCCCCCCCCC(=O)NC(CO)C(O)/C=C/CCCCCCC. The largest absolute Gasteiger partial charge is 0.394 e. The summed E-state index contributed by atoms with van der Waals surface area (Å²) in [4.78, 5) is 12.3. The van der Waals surface area contributed by atoms with Crippen molar-refractivity contribution in [1.82, 2.24) is 5.32 Å². The van der Waals surface area contributed by atoms with Crippen LogP contribution in [0.25, 0.3) is 0 Å². The van der Waals surface area contributed by atoms with Gasteiger partial charge in [-0.3, -0.25) is 4.79 Å². The molecule has 0 saturated carbocycles. The van der Waals surface area contributed by atoms with Gasteiger partial charge >= 0.3 is 0 Å². The highest BCUT2D eigenvalue weighted by Gasteiger charge is 2.17. The second kappa shape index (κ2) is 45.0. The van der Waals surface area contributed by atoms with E-state index >= 15 is 0 Å². The third-order valence-electron chi connectivity index (χ3n) is 9.88. The molecule has 2 atom stereocenters. The van der Waals surface area contributed by atoms with Crippen LogP contribution < -0.4 is 5.32 Å². The van der Waals surface area contributed by atoms with Gasteiger partial charge in [0.1, 0.15) is 0 Å². The number of rotatable bonds is 40. The smallest absolute Gasteiger partial charge is 0.220 e. The zero-order valence-corrected chi connectivity index (χ0v) is 35.5. The number of amides is 1. The Morgan fingerprint density at radius 1 is 0.463 bits per heavy atom. The number of aliphatic hydroxyl groups excluding tert-OH is 2. The molecule has 0 bridgehead atoms. The van der Waals surface area contributed by atoms with Crippen LogP contribution >= 0.6 is 0 Å². The molecule has 4 heteroatoms. The molecule has 0 fully saturated rings. The van der Waals surface area contributed by atoms with Gasteiger partial charge in [0.2, 0.25) is 5.91 Å². The van der Waals surface area contributed by atoms with E-state index in [1.54, 1.807) is 6.08 Å². The maximum absolute atomic E-state index is 12.3. The fraction of sp³-hybridized carbons (Fsp3) is 0.700. The van der Waals surface area contributed by atoms with Gasteiger partial charge in [-0.2, -0.15) is 0 Å². The summed E-state index contributed by atoms with van der Waals surface area (Å²) in [5, 5.41) is 22.8. The van der Waals surface area contributed by atoms with Crippen LogP contribution in [-0.2, 0) is 4.79 Å². The van der Waals surface area contributed by atoms with E-state index in [1.165, 1.54) is 122 Å². The van der Waals surface area contributed by atoms with Crippen LogP contribution in [0.15, 0.2) is 85.1 Å². The third-order valence-corrected chi connectivity index (χ3v) is 9.88. The molecule has 0 aliphatic carbocycles. The second-order valence-corrected chi connectivity index (χ2v) is 15.1. The van der Waals surface area contributed by atoms with Gasteiger partial charge in [0.05, 0.1) is 18.8 Å². The Morgan fingerprint density at radius 2 is 0.815 bits per heavy atom. The van der Waals surface area contributed by atoms with Gasteiger partial charge in [0.15, 0.2) is 0 Å². The van der Waals surface area contributed by atoms with E-state index in [-0.39, 0.29) is 12.5 Å². The first kappa shape index (κ1) is 51.6.